The molecule has 2 aromatic carbocycles. The maximum Gasteiger partial charge on any atom is 0.416 e. The number of aryl methyl sites for hydroxylation is 1. The van der Waals surface area contributed by atoms with Crippen molar-refractivity contribution in [1.82, 2.24) is 4.57 Å². The number of nitrogens with one attached hydrogen (secondary N) is 1. The van der Waals surface area contributed by atoms with Crippen LogP contribution in [0.4, 0.5) is 18.9 Å². The first-order valence-corrected chi connectivity index (χ1v) is 8.92. The molecule has 0 saturated heterocycles. The van der Waals surface area contributed by atoms with Gasteiger partial charge in [-0.05, 0) is 30.7 Å². The summed E-state index contributed by atoms with van der Waals surface area (Å²) in [5, 5.41) is 2.56. The van der Waals surface area contributed by atoms with Crippen LogP contribution in [0.25, 0.3) is 11.1 Å². The highest BCUT2D eigenvalue weighted by Crippen LogP contribution is 2.31. The van der Waals surface area contributed by atoms with E-state index in [0.717, 1.165) is 28.8 Å². The van der Waals surface area contributed by atoms with Crippen LogP contribution in [-0.4, -0.2) is 10.5 Å². The van der Waals surface area contributed by atoms with Crippen molar-refractivity contribution in [3.63, 3.8) is 0 Å². The Hall–Kier alpha value is -3.48. The molecule has 0 radical (unpaired) electrons. The third-order valence-corrected chi connectivity index (χ3v) is 4.66. The van der Waals surface area contributed by atoms with Gasteiger partial charge in [0.2, 0.25) is 0 Å². The predicted octanol–water partition coefficient (Wildman–Crippen LogP) is 5.86. The Labute approximate surface area is 164 Å². The number of fused-ring (bicyclic) bond motifs is 1. The van der Waals surface area contributed by atoms with Gasteiger partial charge in [0.1, 0.15) is 5.69 Å². The Morgan fingerprint density at radius 2 is 1.83 bits per heavy atom. The van der Waals surface area contributed by atoms with Crippen LogP contribution in [0.15, 0.2) is 71.3 Å². The van der Waals surface area contributed by atoms with Gasteiger partial charge in [-0.2, -0.15) is 13.2 Å². The molecule has 0 aliphatic rings. The number of anilines is 1. The van der Waals surface area contributed by atoms with Crippen LogP contribution in [0.3, 0.4) is 0 Å². The van der Waals surface area contributed by atoms with Crippen LogP contribution in [0.5, 0.6) is 0 Å². The number of halogens is 3. The summed E-state index contributed by atoms with van der Waals surface area (Å²) in [7, 11) is 0. The van der Waals surface area contributed by atoms with Crippen molar-refractivity contribution in [2.45, 2.75) is 19.6 Å². The molecule has 2 heterocycles. The number of benzene rings is 2. The molecule has 0 aliphatic heterocycles. The van der Waals surface area contributed by atoms with Gasteiger partial charge in [0.25, 0.3) is 5.91 Å². The van der Waals surface area contributed by atoms with Gasteiger partial charge in [-0.1, -0.05) is 35.9 Å². The zero-order chi connectivity index (χ0) is 20.6. The Morgan fingerprint density at radius 3 is 2.55 bits per heavy atom. The molecule has 1 amide bonds. The van der Waals surface area contributed by atoms with Gasteiger partial charge in [0.15, 0.2) is 5.58 Å². The number of hydrogen-bond donors (Lipinski definition) is 1. The van der Waals surface area contributed by atoms with E-state index in [0.29, 0.717) is 17.8 Å². The van der Waals surface area contributed by atoms with E-state index in [1.54, 1.807) is 16.7 Å². The van der Waals surface area contributed by atoms with Crippen molar-refractivity contribution in [1.29, 1.82) is 0 Å². The van der Waals surface area contributed by atoms with Crippen LogP contribution in [0, 0.1) is 6.92 Å². The first-order valence-electron chi connectivity index (χ1n) is 8.92. The molecule has 4 aromatic rings. The minimum atomic E-state index is -4.48. The molecule has 4 rings (SSSR count). The van der Waals surface area contributed by atoms with E-state index in [1.807, 2.05) is 31.2 Å². The normalized spacial score (nSPS) is 11.7. The van der Waals surface area contributed by atoms with E-state index in [-0.39, 0.29) is 5.69 Å². The van der Waals surface area contributed by atoms with Gasteiger partial charge in [-0.3, -0.25) is 4.79 Å². The summed E-state index contributed by atoms with van der Waals surface area (Å²) in [4.78, 5) is 12.9. The molecule has 0 spiro atoms. The molecule has 0 bridgehead atoms. The minimum Gasteiger partial charge on any atom is -0.463 e. The second kappa shape index (κ2) is 7.16. The lowest BCUT2D eigenvalue weighted by molar-refractivity contribution is -0.137. The molecule has 29 heavy (non-hydrogen) atoms. The highest BCUT2D eigenvalue weighted by molar-refractivity contribution is 6.05. The summed E-state index contributed by atoms with van der Waals surface area (Å²) in [6.07, 6.45) is -2.95. The van der Waals surface area contributed by atoms with Gasteiger partial charge in [0, 0.05) is 24.4 Å². The van der Waals surface area contributed by atoms with E-state index in [9.17, 15) is 18.0 Å². The largest absolute Gasteiger partial charge is 0.463 e. The number of amides is 1. The third-order valence-electron chi connectivity index (χ3n) is 4.66. The third kappa shape index (κ3) is 3.89. The molecule has 7 heteroatoms. The molecule has 0 atom stereocenters. The molecule has 4 nitrogen and oxygen atoms in total. The van der Waals surface area contributed by atoms with Gasteiger partial charge in [0.05, 0.1) is 17.3 Å². The van der Waals surface area contributed by atoms with E-state index in [2.05, 4.69) is 5.32 Å². The molecule has 1 N–H and O–H groups in total. The maximum absolute atomic E-state index is 12.9. The van der Waals surface area contributed by atoms with Crippen molar-refractivity contribution in [2.75, 3.05) is 5.32 Å². The summed E-state index contributed by atoms with van der Waals surface area (Å²) in [6.45, 7) is 2.41. The van der Waals surface area contributed by atoms with E-state index >= 15 is 0 Å². The van der Waals surface area contributed by atoms with Crippen LogP contribution in [-0.2, 0) is 12.7 Å². The number of rotatable bonds is 4. The predicted molar refractivity (Wildman–Crippen MR) is 104 cm³/mol. The Balaban J connectivity index is 1.66. The fourth-order valence-electron chi connectivity index (χ4n) is 3.18. The standard InChI is InChI=1S/C22H17F3N2O2/c1-14-5-7-15(8-6-14)13-27-18-9-10-29-20(18)12-19(27)21(28)26-17-4-2-3-16(11-17)22(23,24)25/h2-12H,13H2,1H3,(H,26,28). The highest BCUT2D eigenvalue weighted by Gasteiger charge is 2.30. The molecule has 2 aromatic heterocycles. The number of carbonyl (C=O) groups excluding carboxylic acids is 1. The van der Waals surface area contributed by atoms with Gasteiger partial charge in [-0.15, -0.1) is 0 Å². The molecule has 148 valence electrons. The molecule has 0 aliphatic carbocycles. The van der Waals surface area contributed by atoms with Crippen molar-refractivity contribution >= 4 is 22.7 Å². The maximum atomic E-state index is 12.9. The average Bonchev–Trinajstić information content (AvgIpc) is 3.26. The van der Waals surface area contributed by atoms with Crippen molar-refractivity contribution < 1.29 is 22.4 Å². The van der Waals surface area contributed by atoms with Crippen LogP contribution in [0.2, 0.25) is 0 Å². The summed E-state index contributed by atoms with van der Waals surface area (Å²) >= 11 is 0. The zero-order valence-electron chi connectivity index (χ0n) is 15.5. The van der Waals surface area contributed by atoms with E-state index in [4.69, 9.17) is 4.42 Å². The summed E-state index contributed by atoms with van der Waals surface area (Å²) in [5.74, 6) is -0.511. The van der Waals surface area contributed by atoms with E-state index in [1.165, 1.54) is 18.4 Å². The smallest absolute Gasteiger partial charge is 0.416 e. The minimum absolute atomic E-state index is 0.0736. The van der Waals surface area contributed by atoms with Crippen LogP contribution in [0.1, 0.15) is 27.2 Å². The lowest BCUT2D eigenvalue weighted by atomic mass is 10.1. The molecule has 0 saturated carbocycles. The van der Waals surface area contributed by atoms with Crippen molar-refractivity contribution in [2.24, 2.45) is 0 Å². The molecular formula is C22H17F3N2O2. The second-order valence-corrected chi connectivity index (χ2v) is 6.80. The zero-order valence-corrected chi connectivity index (χ0v) is 15.5. The summed E-state index contributed by atoms with van der Waals surface area (Å²) < 4.78 is 46.0. The lowest BCUT2D eigenvalue weighted by Crippen LogP contribution is -2.18. The van der Waals surface area contributed by atoms with Crippen LogP contribution >= 0.6 is 0 Å². The fraction of sp³-hybridized carbons (Fsp3) is 0.136. The second-order valence-electron chi connectivity index (χ2n) is 6.80. The monoisotopic (exact) mass is 398 g/mol. The molecule has 0 unspecified atom stereocenters. The summed E-state index contributed by atoms with van der Waals surface area (Å²) in [5.41, 5.74) is 2.94. The SMILES string of the molecule is Cc1ccc(Cn2c(C(=O)Nc3cccc(C(F)(F)F)c3)cc3occc32)cc1. The molecular weight excluding hydrogens is 381 g/mol. The first-order chi connectivity index (χ1) is 13.8. The first kappa shape index (κ1) is 18.9. The Morgan fingerprint density at radius 1 is 1.07 bits per heavy atom. The lowest BCUT2D eigenvalue weighted by Gasteiger charge is -2.12. The van der Waals surface area contributed by atoms with Crippen molar-refractivity contribution in [3.05, 3.63) is 89.3 Å². The molecule has 0 fully saturated rings. The van der Waals surface area contributed by atoms with Gasteiger partial charge >= 0.3 is 6.18 Å². The van der Waals surface area contributed by atoms with Gasteiger partial charge < -0.3 is 14.3 Å². The number of alkyl halides is 3. The Kier molecular flexibility index (Phi) is 4.66. The quantitative estimate of drug-likeness (QED) is 0.468. The van der Waals surface area contributed by atoms with Crippen LogP contribution < -0.4 is 5.32 Å². The van der Waals surface area contributed by atoms with Crippen molar-refractivity contribution in [3.8, 4) is 0 Å². The van der Waals surface area contributed by atoms with Gasteiger partial charge in [-0.25, -0.2) is 0 Å². The number of hydrogen-bond acceptors (Lipinski definition) is 2. The average molecular weight is 398 g/mol. The number of aromatic nitrogens is 1. The summed E-state index contributed by atoms with van der Waals surface area (Å²) in [6, 6.07) is 15.8. The Bertz CT molecular complexity index is 1170. The number of nitrogens with zero attached hydrogens (tertiary/aromatic N) is 1. The fourth-order valence-corrected chi connectivity index (χ4v) is 3.18. The highest BCUT2D eigenvalue weighted by atomic mass is 19.4. The number of furan rings is 1. The number of carbonyl (C=O) groups is 1. The van der Waals surface area contributed by atoms with E-state index < -0.39 is 17.6 Å². The topological polar surface area (TPSA) is 47.2 Å².